The molecule has 0 amide bonds. The van der Waals surface area contributed by atoms with Crippen LogP contribution in [0.15, 0.2) is 48.6 Å². The van der Waals surface area contributed by atoms with Gasteiger partial charge in [0.05, 0.1) is 5.57 Å². The van der Waals surface area contributed by atoms with Gasteiger partial charge in [0.25, 0.3) is 10.1 Å². The van der Waals surface area contributed by atoms with Crippen LogP contribution in [0.2, 0.25) is 0 Å². The van der Waals surface area contributed by atoms with Crippen LogP contribution in [0, 0.1) is 5.92 Å². The van der Waals surface area contributed by atoms with Crippen molar-refractivity contribution in [3.63, 3.8) is 0 Å². The van der Waals surface area contributed by atoms with Gasteiger partial charge >= 0.3 is 11.9 Å². The van der Waals surface area contributed by atoms with Crippen LogP contribution >= 0.6 is 0 Å². The van der Waals surface area contributed by atoms with Gasteiger partial charge in [-0.05, 0) is 18.4 Å². The quantitative estimate of drug-likeness (QED) is 0.476. The Bertz CT molecular complexity index is 684. The Kier molecular flexibility index (Phi) is 5.10. The Hall–Kier alpha value is -2.19. The SMILES string of the molecule is C=CCC1=C(C(=O)O)C(C(=O)O)C=CC1(CC=C)S(=O)(=O)O. The van der Waals surface area contributed by atoms with Crippen LogP contribution in [0.3, 0.4) is 0 Å². The van der Waals surface area contributed by atoms with Crippen LogP contribution in [0.1, 0.15) is 12.8 Å². The standard InChI is InChI=1S/C14H16O7S/c1-3-5-10-11(13(17)18)9(12(15)16)6-8-14(10,7-4-2)22(19,20)21/h3-4,6,8-9H,1-2,5,7H2,(H,15,16)(H,17,18)(H,19,20,21). The minimum absolute atomic E-state index is 0.205. The Balaban J connectivity index is 3.83. The molecule has 2 atom stereocenters. The second-order valence-corrected chi connectivity index (χ2v) is 6.40. The fourth-order valence-corrected chi connectivity index (χ4v) is 3.60. The molecule has 0 aromatic heterocycles. The lowest BCUT2D eigenvalue weighted by Gasteiger charge is -2.34. The summed E-state index contributed by atoms with van der Waals surface area (Å²) in [5.74, 6) is -4.50. The van der Waals surface area contributed by atoms with Gasteiger partial charge in [0.1, 0.15) is 10.7 Å². The molecule has 7 nitrogen and oxygen atoms in total. The van der Waals surface area contributed by atoms with Crippen LogP contribution in [0.25, 0.3) is 0 Å². The molecule has 1 aliphatic rings. The number of allylic oxidation sites excluding steroid dienone is 2. The largest absolute Gasteiger partial charge is 0.481 e. The number of carbonyl (C=O) groups is 2. The molecule has 22 heavy (non-hydrogen) atoms. The number of aliphatic carboxylic acids is 2. The van der Waals surface area contributed by atoms with E-state index in [1.54, 1.807) is 0 Å². The highest BCUT2D eigenvalue weighted by atomic mass is 32.2. The molecule has 0 fully saturated rings. The number of rotatable bonds is 7. The average Bonchev–Trinajstić information content (AvgIpc) is 2.38. The van der Waals surface area contributed by atoms with E-state index in [-0.39, 0.29) is 18.4 Å². The van der Waals surface area contributed by atoms with Crippen LogP contribution in [0.4, 0.5) is 0 Å². The van der Waals surface area contributed by atoms with E-state index in [1.807, 2.05) is 0 Å². The van der Waals surface area contributed by atoms with Crippen LogP contribution in [-0.2, 0) is 19.7 Å². The van der Waals surface area contributed by atoms with Crippen molar-refractivity contribution in [2.45, 2.75) is 17.6 Å². The van der Waals surface area contributed by atoms with Crippen molar-refractivity contribution in [3.8, 4) is 0 Å². The van der Waals surface area contributed by atoms with Crippen molar-refractivity contribution in [1.82, 2.24) is 0 Å². The van der Waals surface area contributed by atoms with E-state index in [0.717, 1.165) is 12.2 Å². The fraction of sp³-hybridized carbons (Fsp3) is 0.286. The normalized spacial score (nSPS) is 24.9. The summed E-state index contributed by atoms with van der Waals surface area (Å²) >= 11 is 0. The molecule has 0 heterocycles. The molecule has 0 radical (unpaired) electrons. The molecule has 0 aliphatic heterocycles. The zero-order valence-corrected chi connectivity index (χ0v) is 12.4. The summed E-state index contributed by atoms with van der Waals surface area (Å²) in [7, 11) is -4.76. The van der Waals surface area contributed by atoms with Crippen molar-refractivity contribution in [2.24, 2.45) is 5.92 Å². The van der Waals surface area contributed by atoms with Gasteiger partial charge in [0, 0.05) is 0 Å². The van der Waals surface area contributed by atoms with Crippen LogP contribution in [-0.4, -0.2) is 39.9 Å². The number of hydrogen-bond acceptors (Lipinski definition) is 4. The monoisotopic (exact) mass is 328 g/mol. The highest BCUT2D eigenvalue weighted by molar-refractivity contribution is 7.87. The van der Waals surface area contributed by atoms with Gasteiger partial charge < -0.3 is 10.2 Å². The number of hydrogen-bond donors (Lipinski definition) is 3. The van der Waals surface area contributed by atoms with Crippen LogP contribution in [0.5, 0.6) is 0 Å². The average molecular weight is 328 g/mol. The van der Waals surface area contributed by atoms with Crippen molar-refractivity contribution in [1.29, 1.82) is 0 Å². The Labute approximate surface area is 127 Å². The summed E-state index contributed by atoms with van der Waals surface area (Å²) in [6, 6.07) is 0. The Morgan fingerprint density at radius 2 is 1.86 bits per heavy atom. The van der Waals surface area contributed by atoms with Crippen molar-refractivity contribution in [2.75, 3.05) is 0 Å². The first kappa shape index (κ1) is 17.9. The van der Waals surface area contributed by atoms with E-state index in [1.165, 1.54) is 12.2 Å². The first-order chi connectivity index (χ1) is 10.1. The molecular weight excluding hydrogens is 312 g/mol. The van der Waals surface area contributed by atoms with Crippen molar-refractivity contribution >= 4 is 22.1 Å². The highest BCUT2D eigenvalue weighted by Gasteiger charge is 2.49. The number of carboxylic acid groups (broad SMARTS) is 2. The molecule has 0 saturated heterocycles. The summed E-state index contributed by atoms with van der Waals surface area (Å²) in [5.41, 5.74) is -0.818. The summed E-state index contributed by atoms with van der Waals surface area (Å²) in [5, 5.41) is 18.5. The van der Waals surface area contributed by atoms with E-state index in [9.17, 15) is 27.7 Å². The van der Waals surface area contributed by atoms with E-state index >= 15 is 0 Å². The maximum Gasteiger partial charge on any atom is 0.332 e. The topological polar surface area (TPSA) is 129 Å². The predicted molar refractivity (Wildman–Crippen MR) is 78.8 cm³/mol. The first-order valence-corrected chi connectivity index (χ1v) is 7.64. The molecule has 1 aliphatic carbocycles. The summed E-state index contributed by atoms with van der Waals surface area (Å²) in [6.07, 6.45) is 3.92. The fourth-order valence-electron chi connectivity index (χ4n) is 2.51. The summed E-state index contributed by atoms with van der Waals surface area (Å²) in [6.45, 7) is 6.84. The summed E-state index contributed by atoms with van der Waals surface area (Å²) in [4.78, 5) is 22.7. The number of carboxylic acids is 2. The lowest BCUT2D eigenvalue weighted by molar-refractivity contribution is -0.142. The zero-order chi connectivity index (χ0) is 17.1. The highest BCUT2D eigenvalue weighted by Crippen LogP contribution is 2.42. The molecule has 0 aromatic carbocycles. The third-order valence-corrected chi connectivity index (χ3v) is 4.93. The summed E-state index contributed by atoms with van der Waals surface area (Å²) < 4.78 is 31.3. The predicted octanol–water partition coefficient (Wildman–Crippen LogP) is 1.42. The van der Waals surface area contributed by atoms with Crippen LogP contribution < -0.4 is 0 Å². The van der Waals surface area contributed by atoms with Gasteiger partial charge in [-0.2, -0.15) is 8.42 Å². The maximum absolute atomic E-state index is 11.9. The molecule has 8 heteroatoms. The minimum atomic E-state index is -4.76. The lowest BCUT2D eigenvalue weighted by atomic mass is 9.78. The molecule has 0 aromatic rings. The molecule has 2 unspecified atom stereocenters. The molecule has 1 rings (SSSR count). The zero-order valence-electron chi connectivity index (χ0n) is 11.6. The molecule has 0 bridgehead atoms. The van der Waals surface area contributed by atoms with Crippen molar-refractivity contribution in [3.05, 3.63) is 48.6 Å². The lowest BCUT2D eigenvalue weighted by Crippen LogP contribution is -2.43. The molecular formula is C14H16O7S. The Morgan fingerprint density at radius 3 is 2.23 bits per heavy atom. The van der Waals surface area contributed by atoms with Gasteiger partial charge in [-0.3, -0.25) is 9.35 Å². The van der Waals surface area contributed by atoms with E-state index < -0.39 is 38.3 Å². The van der Waals surface area contributed by atoms with E-state index in [0.29, 0.717) is 0 Å². The molecule has 0 spiro atoms. The van der Waals surface area contributed by atoms with Crippen molar-refractivity contribution < 1.29 is 32.8 Å². The molecule has 0 saturated carbocycles. The first-order valence-electron chi connectivity index (χ1n) is 6.20. The van der Waals surface area contributed by atoms with E-state index in [4.69, 9.17) is 5.11 Å². The molecule has 120 valence electrons. The second kappa shape index (κ2) is 6.29. The van der Waals surface area contributed by atoms with E-state index in [2.05, 4.69) is 13.2 Å². The molecule has 3 N–H and O–H groups in total. The second-order valence-electron chi connectivity index (χ2n) is 4.72. The Morgan fingerprint density at radius 1 is 1.27 bits per heavy atom. The van der Waals surface area contributed by atoms with Gasteiger partial charge in [-0.15, -0.1) is 13.2 Å². The van der Waals surface area contributed by atoms with Gasteiger partial charge in [0.2, 0.25) is 0 Å². The minimum Gasteiger partial charge on any atom is -0.481 e. The van der Waals surface area contributed by atoms with Gasteiger partial charge in [-0.25, -0.2) is 4.79 Å². The maximum atomic E-state index is 11.9. The third-order valence-electron chi connectivity index (χ3n) is 3.46. The van der Waals surface area contributed by atoms with Gasteiger partial charge in [0.15, 0.2) is 0 Å². The third kappa shape index (κ3) is 2.88. The van der Waals surface area contributed by atoms with Gasteiger partial charge in [-0.1, -0.05) is 24.3 Å². The smallest absolute Gasteiger partial charge is 0.332 e.